The molecule has 1 aliphatic heterocycles. The lowest BCUT2D eigenvalue weighted by molar-refractivity contribution is 0.0164. The topological polar surface area (TPSA) is 9.23 Å². The molecular formula is C12H14ClFO. The molecule has 0 spiro atoms. The molecule has 15 heavy (non-hydrogen) atoms. The van der Waals surface area contributed by atoms with Gasteiger partial charge in [0.05, 0.1) is 11.0 Å². The summed E-state index contributed by atoms with van der Waals surface area (Å²) in [6.45, 7) is 2.78. The minimum atomic E-state index is -0.306. The molecule has 0 saturated carbocycles. The summed E-state index contributed by atoms with van der Waals surface area (Å²) in [7, 11) is 0. The minimum absolute atomic E-state index is 0.208. The molecule has 0 amide bonds. The molecule has 0 aromatic heterocycles. The molecule has 1 saturated heterocycles. The fourth-order valence-electron chi connectivity index (χ4n) is 1.98. The standard InChI is InChI=1S/C12H14ClFO/c1-12(7-2-8-15-12)11(13)9-3-5-10(14)6-4-9/h3-6,11H,2,7-8H2,1H3. The summed E-state index contributed by atoms with van der Waals surface area (Å²) >= 11 is 6.36. The van der Waals surface area contributed by atoms with Crippen LogP contribution in [-0.2, 0) is 4.74 Å². The van der Waals surface area contributed by atoms with E-state index in [1.165, 1.54) is 12.1 Å². The molecule has 1 aliphatic rings. The first kappa shape index (κ1) is 10.9. The van der Waals surface area contributed by atoms with Gasteiger partial charge in [-0.1, -0.05) is 12.1 Å². The second-order valence-electron chi connectivity index (χ2n) is 4.18. The summed E-state index contributed by atoms with van der Waals surface area (Å²) in [4.78, 5) is 0. The number of halogens is 2. The van der Waals surface area contributed by atoms with Crippen LogP contribution in [0.25, 0.3) is 0 Å². The highest BCUT2D eigenvalue weighted by molar-refractivity contribution is 6.21. The van der Waals surface area contributed by atoms with E-state index in [0.29, 0.717) is 0 Å². The van der Waals surface area contributed by atoms with Crippen LogP contribution in [-0.4, -0.2) is 12.2 Å². The molecule has 2 rings (SSSR count). The average Bonchev–Trinajstić information content (AvgIpc) is 2.67. The number of rotatable bonds is 2. The van der Waals surface area contributed by atoms with Crippen molar-refractivity contribution >= 4 is 11.6 Å². The summed E-state index contributed by atoms with van der Waals surface area (Å²) < 4.78 is 18.4. The van der Waals surface area contributed by atoms with Gasteiger partial charge in [-0.2, -0.15) is 0 Å². The Morgan fingerprint density at radius 1 is 1.40 bits per heavy atom. The van der Waals surface area contributed by atoms with Gasteiger partial charge in [-0.05, 0) is 37.5 Å². The maximum atomic E-state index is 12.7. The quantitative estimate of drug-likeness (QED) is 0.702. The Hall–Kier alpha value is -0.600. The Labute approximate surface area is 94.2 Å². The average molecular weight is 229 g/mol. The highest BCUT2D eigenvalue weighted by Gasteiger charge is 2.38. The lowest BCUT2D eigenvalue weighted by Crippen LogP contribution is -2.28. The third kappa shape index (κ3) is 2.16. The molecule has 2 unspecified atom stereocenters. The molecule has 3 heteroatoms. The summed E-state index contributed by atoms with van der Waals surface area (Å²) in [5.74, 6) is -0.236. The lowest BCUT2D eigenvalue weighted by atomic mass is 9.93. The van der Waals surface area contributed by atoms with Crippen LogP contribution >= 0.6 is 11.6 Å². The van der Waals surface area contributed by atoms with Crippen molar-refractivity contribution in [2.45, 2.75) is 30.7 Å². The van der Waals surface area contributed by atoms with E-state index >= 15 is 0 Å². The maximum absolute atomic E-state index is 12.7. The third-order valence-corrected chi connectivity index (χ3v) is 3.66. The zero-order valence-corrected chi connectivity index (χ0v) is 9.43. The van der Waals surface area contributed by atoms with Gasteiger partial charge in [0.1, 0.15) is 5.82 Å². The molecule has 1 nitrogen and oxygen atoms in total. The van der Waals surface area contributed by atoms with Crippen LogP contribution in [0.5, 0.6) is 0 Å². The predicted octanol–water partition coefficient (Wildman–Crippen LogP) is 3.67. The fraction of sp³-hybridized carbons (Fsp3) is 0.500. The van der Waals surface area contributed by atoms with Crippen molar-refractivity contribution in [2.75, 3.05) is 6.61 Å². The molecule has 0 aliphatic carbocycles. The molecular weight excluding hydrogens is 215 g/mol. The Bertz CT molecular complexity index is 330. The number of hydrogen-bond donors (Lipinski definition) is 0. The number of benzene rings is 1. The molecule has 2 atom stereocenters. The molecule has 82 valence electrons. The predicted molar refractivity (Wildman–Crippen MR) is 58.6 cm³/mol. The van der Waals surface area contributed by atoms with E-state index in [0.717, 1.165) is 25.0 Å². The van der Waals surface area contributed by atoms with Crippen molar-refractivity contribution in [3.8, 4) is 0 Å². The van der Waals surface area contributed by atoms with Gasteiger partial charge in [0, 0.05) is 6.61 Å². The molecule has 1 aromatic carbocycles. The minimum Gasteiger partial charge on any atom is -0.373 e. The highest BCUT2D eigenvalue weighted by Crippen LogP contribution is 2.41. The summed E-state index contributed by atoms with van der Waals surface area (Å²) in [5, 5.41) is -0.208. The SMILES string of the molecule is CC1(C(Cl)c2ccc(F)cc2)CCCO1. The monoisotopic (exact) mass is 228 g/mol. The van der Waals surface area contributed by atoms with Gasteiger partial charge in [0.25, 0.3) is 0 Å². The maximum Gasteiger partial charge on any atom is 0.123 e. The van der Waals surface area contributed by atoms with Gasteiger partial charge in [-0.25, -0.2) is 4.39 Å². The summed E-state index contributed by atoms with van der Waals surface area (Å²) in [6.07, 6.45) is 2.00. The van der Waals surface area contributed by atoms with E-state index in [1.807, 2.05) is 6.92 Å². The van der Waals surface area contributed by atoms with Gasteiger partial charge in [0.2, 0.25) is 0 Å². The largest absolute Gasteiger partial charge is 0.373 e. The van der Waals surface area contributed by atoms with Crippen molar-refractivity contribution in [2.24, 2.45) is 0 Å². The van der Waals surface area contributed by atoms with E-state index in [2.05, 4.69) is 0 Å². The van der Waals surface area contributed by atoms with Crippen LogP contribution in [0.4, 0.5) is 4.39 Å². The van der Waals surface area contributed by atoms with Crippen LogP contribution in [0.3, 0.4) is 0 Å². The molecule has 0 bridgehead atoms. The van der Waals surface area contributed by atoms with Crippen molar-refractivity contribution in [3.05, 3.63) is 35.6 Å². The smallest absolute Gasteiger partial charge is 0.123 e. The van der Waals surface area contributed by atoms with Crippen LogP contribution in [0.15, 0.2) is 24.3 Å². The fourth-order valence-corrected chi connectivity index (χ4v) is 2.30. The number of alkyl halides is 1. The van der Waals surface area contributed by atoms with Gasteiger partial charge in [-0.15, -0.1) is 11.6 Å². The number of ether oxygens (including phenoxy) is 1. The van der Waals surface area contributed by atoms with Gasteiger partial charge >= 0.3 is 0 Å². The Morgan fingerprint density at radius 2 is 2.07 bits per heavy atom. The van der Waals surface area contributed by atoms with Crippen molar-refractivity contribution in [3.63, 3.8) is 0 Å². The van der Waals surface area contributed by atoms with E-state index < -0.39 is 0 Å². The van der Waals surface area contributed by atoms with Gasteiger partial charge in [-0.3, -0.25) is 0 Å². The zero-order valence-electron chi connectivity index (χ0n) is 8.67. The lowest BCUT2D eigenvalue weighted by Gasteiger charge is -2.29. The zero-order chi connectivity index (χ0) is 10.9. The summed E-state index contributed by atoms with van der Waals surface area (Å²) in [5.41, 5.74) is 0.613. The van der Waals surface area contributed by atoms with E-state index in [1.54, 1.807) is 12.1 Å². The third-order valence-electron chi connectivity index (χ3n) is 2.95. The second kappa shape index (κ2) is 4.11. The molecule has 0 radical (unpaired) electrons. The van der Waals surface area contributed by atoms with Crippen LogP contribution in [0.1, 0.15) is 30.7 Å². The van der Waals surface area contributed by atoms with E-state index in [9.17, 15) is 4.39 Å². The Morgan fingerprint density at radius 3 is 2.60 bits per heavy atom. The summed E-state index contributed by atoms with van der Waals surface area (Å²) in [6, 6.07) is 6.31. The first-order valence-electron chi connectivity index (χ1n) is 5.15. The number of hydrogen-bond acceptors (Lipinski definition) is 1. The van der Waals surface area contributed by atoms with E-state index in [4.69, 9.17) is 16.3 Å². The Kier molecular flexibility index (Phi) is 2.98. The first-order chi connectivity index (χ1) is 7.12. The van der Waals surface area contributed by atoms with Crippen molar-refractivity contribution in [1.82, 2.24) is 0 Å². The van der Waals surface area contributed by atoms with E-state index in [-0.39, 0.29) is 16.8 Å². The second-order valence-corrected chi connectivity index (χ2v) is 4.62. The molecule has 1 fully saturated rings. The normalized spacial score (nSPS) is 27.9. The van der Waals surface area contributed by atoms with Crippen LogP contribution < -0.4 is 0 Å². The van der Waals surface area contributed by atoms with Crippen LogP contribution in [0, 0.1) is 5.82 Å². The molecule has 1 heterocycles. The first-order valence-corrected chi connectivity index (χ1v) is 5.59. The van der Waals surface area contributed by atoms with Gasteiger partial charge < -0.3 is 4.74 Å². The molecule has 1 aromatic rings. The van der Waals surface area contributed by atoms with Gasteiger partial charge in [0.15, 0.2) is 0 Å². The van der Waals surface area contributed by atoms with Crippen LogP contribution in [0.2, 0.25) is 0 Å². The van der Waals surface area contributed by atoms with Crippen molar-refractivity contribution < 1.29 is 9.13 Å². The highest BCUT2D eigenvalue weighted by atomic mass is 35.5. The Balaban J connectivity index is 2.19. The van der Waals surface area contributed by atoms with Crippen molar-refractivity contribution in [1.29, 1.82) is 0 Å². The molecule has 0 N–H and O–H groups in total.